The van der Waals surface area contributed by atoms with Crippen LogP contribution < -0.4 is 0 Å². The van der Waals surface area contributed by atoms with E-state index in [9.17, 15) is 0 Å². The third-order valence-electron chi connectivity index (χ3n) is 1.74. The molecule has 0 N–H and O–H groups in total. The van der Waals surface area contributed by atoms with Crippen molar-refractivity contribution in [1.82, 2.24) is 0 Å². The first kappa shape index (κ1) is 8.96. The van der Waals surface area contributed by atoms with E-state index in [1.807, 2.05) is 11.4 Å². The van der Waals surface area contributed by atoms with Gasteiger partial charge in [0.2, 0.25) is 0 Å². The maximum absolute atomic E-state index is 8.83. The Morgan fingerprint density at radius 1 is 1.14 bits per heavy atom. The van der Waals surface area contributed by atoms with Crippen LogP contribution in [0.2, 0.25) is 0 Å². The van der Waals surface area contributed by atoms with E-state index in [1.54, 1.807) is 11.4 Å². The van der Waals surface area contributed by atoms with Gasteiger partial charge in [0.05, 0.1) is 16.0 Å². The van der Waals surface area contributed by atoms with Crippen molar-refractivity contribution in [3.8, 4) is 21.9 Å². The molecule has 0 aliphatic carbocycles. The molecule has 0 saturated carbocycles. The van der Waals surface area contributed by atoms with E-state index in [-0.39, 0.29) is 0 Å². The Bertz CT molecular complexity index is 537. The Kier molecular flexibility index (Phi) is 2.32. The number of hydrogen-bond donors (Lipinski definition) is 0. The van der Waals surface area contributed by atoms with Crippen LogP contribution in [0, 0.1) is 22.7 Å². The molecule has 66 valence electrons. The topological polar surface area (TPSA) is 47.6 Å². The molecule has 0 aliphatic heterocycles. The summed E-state index contributed by atoms with van der Waals surface area (Å²) < 4.78 is 0. The highest BCUT2D eigenvalue weighted by molar-refractivity contribution is 7.20. The molecular weight excluding hydrogens is 212 g/mol. The van der Waals surface area contributed by atoms with E-state index in [0.29, 0.717) is 11.1 Å². The fourth-order valence-electron chi connectivity index (χ4n) is 1.10. The summed E-state index contributed by atoms with van der Waals surface area (Å²) >= 11 is 3.03. The summed E-state index contributed by atoms with van der Waals surface area (Å²) in [5.41, 5.74) is 1.34. The molecule has 2 heterocycles. The summed E-state index contributed by atoms with van der Waals surface area (Å²) in [6.45, 7) is 0. The lowest BCUT2D eigenvalue weighted by molar-refractivity contribution is 1.50. The third kappa shape index (κ3) is 1.42. The van der Waals surface area contributed by atoms with Crippen LogP contribution in [0.15, 0.2) is 22.9 Å². The van der Waals surface area contributed by atoms with Gasteiger partial charge in [-0.25, -0.2) is 0 Å². The summed E-state index contributed by atoms with van der Waals surface area (Å²) in [6.07, 6.45) is 0. The Morgan fingerprint density at radius 3 is 2.64 bits per heavy atom. The van der Waals surface area contributed by atoms with Gasteiger partial charge >= 0.3 is 0 Å². The number of rotatable bonds is 1. The van der Waals surface area contributed by atoms with E-state index < -0.39 is 0 Å². The summed E-state index contributed by atoms with van der Waals surface area (Å²) in [4.78, 5) is 1.95. The smallest absolute Gasteiger partial charge is 0.101 e. The van der Waals surface area contributed by atoms with Crippen LogP contribution in [-0.2, 0) is 0 Å². The normalized spacial score (nSPS) is 9.29. The van der Waals surface area contributed by atoms with Crippen LogP contribution in [0.1, 0.15) is 11.1 Å². The third-order valence-corrected chi connectivity index (χ3v) is 3.76. The lowest BCUT2D eigenvalue weighted by atomic mass is 10.2. The van der Waals surface area contributed by atoms with E-state index in [4.69, 9.17) is 10.5 Å². The fraction of sp³-hybridized carbons (Fsp3) is 0. The Morgan fingerprint density at radius 2 is 2.00 bits per heavy atom. The zero-order valence-corrected chi connectivity index (χ0v) is 8.65. The van der Waals surface area contributed by atoms with Crippen molar-refractivity contribution in [2.45, 2.75) is 0 Å². The average molecular weight is 216 g/mol. The van der Waals surface area contributed by atoms with Crippen LogP contribution in [0.4, 0.5) is 0 Å². The lowest BCUT2D eigenvalue weighted by Gasteiger charge is -1.89. The first-order valence-electron chi connectivity index (χ1n) is 3.81. The second-order valence-corrected chi connectivity index (χ2v) is 4.41. The van der Waals surface area contributed by atoms with Crippen molar-refractivity contribution in [1.29, 1.82) is 10.5 Å². The first-order valence-corrected chi connectivity index (χ1v) is 5.57. The van der Waals surface area contributed by atoms with Crippen molar-refractivity contribution in [3.05, 3.63) is 34.0 Å². The van der Waals surface area contributed by atoms with Crippen LogP contribution >= 0.6 is 22.7 Å². The highest BCUT2D eigenvalue weighted by atomic mass is 32.1. The van der Waals surface area contributed by atoms with Gasteiger partial charge in [-0.2, -0.15) is 10.5 Å². The van der Waals surface area contributed by atoms with Crippen LogP contribution in [0.3, 0.4) is 0 Å². The van der Waals surface area contributed by atoms with Crippen molar-refractivity contribution in [2.75, 3.05) is 0 Å². The molecule has 2 aromatic heterocycles. The molecule has 4 heteroatoms. The highest BCUT2D eigenvalue weighted by Crippen LogP contribution is 2.33. The molecule has 2 aromatic rings. The van der Waals surface area contributed by atoms with E-state index in [0.717, 1.165) is 9.75 Å². The molecule has 0 saturated heterocycles. The van der Waals surface area contributed by atoms with Gasteiger partial charge in [0, 0.05) is 10.3 Å². The lowest BCUT2D eigenvalue weighted by Crippen LogP contribution is -1.70. The summed E-state index contributed by atoms with van der Waals surface area (Å²) in [6, 6.07) is 7.83. The first-order chi connectivity index (χ1) is 6.85. The van der Waals surface area contributed by atoms with Gasteiger partial charge in [-0.15, -0.1) is 22.7 Å². The average Bonchev–Trinajstić information content (AvgIpc) is 2.85. The predicted octanol–water partition coefficient (Wildman–Crippen LogP) is 3.22. The standard InChI is InChI=1S/C10H4N2S2/c11-4-7-3-9(14-6-7)10-8(5-12)1-2-13-10/h1-3,6H. The zero-order valence-electron chi connectivity index (χ0n) is 7.02. The molecule has 0 amide bonds. The minimum Gasteiger partial charge on any atom is -0.192 e. The van der Waals surface area contributed by atoms with Gasteiger partial charge in [0.1, 0.15) is 12.1 Å². The highest BCUT2D eigenvalue weighted by Gasteiger charge is 2.08. The number of thiophene rings is 2. The summed E-state index contributed by atoms with van der Waals surface area (Å²) in [7, 11) is 0. The molecule has 0 fully saturated rings. The van der Waals surface area contributed by atoms with E-state index in [1.165, 1.54) is 22.7 Å². The monoisotopic (exact) mass is 216 g/mol. The van der Waals surface area contributed by atoms with Crippen LogP contribution in [0.5, 0.6) is 0 Å². The van der Waals surface area contributed by atoms with Crippen LogP contribution in [-0.4, -0.2) is 0 Å². The molecule has 0 radical (unpaired) electrons. The Balaban J connectivity index is 2.51. The largest absolute Gasteiger partial charge is 0.192 e. The van der Waals surface area contributed by atoms with Gasteiger partial charge < -0.3 is 0 Å². The molecule has 2 rings (SSSR count). The molecule has 14 heavy (non-hydrogen) atoms. The Hall–Kier alpha value is -1.62. The molecule has 0 atom stereocenters. The number of nitrogens with zero attached hydrogens (tertiary/aromatic N) is 2. The maximum Gasteiger partial charge on any atom is 0.101 e. The van der Waals surface area contributed by atoms with Gasteiger partial charge in [-0.05, 0) is 17.5 Å². The van der Waals surface area contributed by atoms with Gasteiger partial charge in [0.25, 0.3) is 0 Å². The summed E-state index contributed by atoms with van der Waals surface area (Å²) in [5.74, 6) is 0. The Labute approximate surface area is 89.3 Å². The molecule has 0 aliphatic rings. The summed E-state index contributed by atoms with van der Waals surface area (Å²) in [5, 5.41) is 21.2. The van der Waals surface area contributed by atoms with Crippen molar-refractivity contribution in [3.63, 3.8) is 0 Å². The van der Waals surface area contributed by atoms with Gasteiger partial charge in [0.15, 0.2) is 0 Å². The number of nitriles is 2. The van der Waals surface area contributed by atoms with Crippen LogP contribution in [0.25, 0.3) is 9.75 Å². The molecular formula is C10H4N2S2. The SMILES string of the molecule is N#Cc1csc(-c2sccc2C#N)c1. The maximum atomic E-state index is 8.83. The van der Waals surface area contributed by atoms with Crippen molar-refractivity contribution >= 4 is 22.7 Å². The minimum absolute atomic E-state index is 0.655. The molecule has 2 nitrogen and oxygen atoms in total. The fourth-order valence-corrected chi connectivity index (χ4v) is 2.93. The predicted molar refractivity (Wildman–Crippen MR) is 57.1 cm³/mol. The molecule has 0 spiro atoms. The molecule has 0 bridgehead atoms. The van der Waals surface area contributed by atoms with Gasteiger partial charge in [-0.1, -0.05) is 0 Å². The second-order valence-electron chi connectivity index (χ2n) is 2.59. The minimum atomic E-state index is 0.655. The second kappa shape index (κ2) is 3.63. The molecule has 0 aromatic carbocycles. The van der Waals surface area contributed by atoms with Crippen molar-refractivity contribution in [2.24, 2.45) is 0 Å². The quantitative estimate of drug-likeness (QED) is 0.734. The van der Waals surface area contributed by atoms with E-state index in [2.05, 4.69) is 12.1 Å². The molecule has 0 unspecified atom stereocenters. The van der Waals surface area contributed by atoms with E-state index >= 15 is 0 Å². The zero-order chi connectivity index (χ0) is 9.97. The van der Waals surface area contributed by atoms with Crippen molar-refractivity contribution < 1.29 is 0 Å². The van der Waals surface area contributed by atoms with Gasteiger partial charge in [-0.3, -0.25) is 0 Å². The number of hydrogen-bond acceptors (Lipinski definition) is 4.